The molecule has 0 aliphatic rings. The smallest absolute Gasteiger partial charge is 0.321 e. The summed E-state index contributed by atoms with van der Waals surface area (Å²) in [5.41, 5.74) is 19.4. The van der Waals surface area contributed by atoms with Crippen molar-refractivity contribution in [3.05, 3.63) is 0 Å². The number of carboxylic acid groups (broad SMARTS) is 3. The Morgan fingerprint density at radius 3 is 1.35 bits per heavy atom. The Balaban J connectivity index is -0.000000273. The van der Waals surface area contributed by atoms with Crippen LogP contribution in [0.1, 0.15) is 26.7 Å². The molecule has 2 unspecified atom stereocenters. The summed E-state index contributed by atoms with van der Waals surface area (Å²) in [7, 11) is 0. The van der Waals surface area contributed by atoms with Gasteiger partial charge in [0.25, 0.3) is 0 Å². The van der Waals surface area contributed by atoms with Crippen molar-refractivity contribution < 1.29 is 34.5 Å². The van der Waals surface area contributed by atoms with Crippen molar-refractivity contribution in [2.24, 2.45) is 28.9 Å². The molecule has 1 amide bonds. The van der Waals surface area contributed by atoms with Crippen molar-refractivity contribution >= 4 is 23.8 Å². The van der Waals surface area contributed by atoms with Gasteiger partial charge in [-0.15, -0.1) is 0 Å². The second-order valence-corrected chi connectivity index (χ2v) is 4.79. The van der Waals surface area contributed by atoms with Gasteiger partial charge in [-0.1, -0.05) is 13.8 Å². The van der Waals surface area contributed by atoms with Gasteiger partial charge in [0.2, 0.25) is 5.91 Å². The lowest BCUT2D eigenvalue weighted by atomic mass is 10.1. The van der Waals surface area contributed by atoms with Crippen LogP contribution in [0.3, 0.4) is 0 Å². The normalized spacial score (nSPS) is 11.9. The lowest BCUT2D eigenvalue weighted by molar-refractivity contribution is -0.140. The highest BCUT2D eigenvalue weighted by Gasteiger charge is 2.13. The van der Waals surface area contributed by atoms with Crippen LogP contribution in [0, 0.1) is 5.92 Å². The molecule has 0 radical (unpaired) electrons. The summed E-state index contributed by atoms with van der Waals surface area (Å²) < 4.78 is 0. The van der Waals surface area contributed by atoms with E-state index in [1.165, 1.54) is 0 Å². The third-order valence-corrected chi connectivity index (χ3v) is 1.96. The zero-order valence-electron chi connectivity index (χ0n) is 13.1. The van der Waals surface area contributed by atoms with Crippen LogP contribution in [0.4, 0.5) is 0 Å². The van der Waals surface area contributed by atoms with E-state index in [0.29, 0.717) is 12.3 Å². The minimum absolute atomic E-state index is 0.278. The molecule has 2 atom stereocenters. The fraction of sp³-hybridized carbons (Fsp3) is 0.667. The number of hydrogen-bond acceptors (Lipinski definition) is 7. The molecule has 11 heteroatoms. The van der Waals surface area contributed by atoms with E-state index in [-0.39, 0.29) is 13.0 Å². The van der Waals surface area contributed by atoms with Crippen LogP contribution in [0.5, 0.6) is 0 Å². The molecular weight excluding hydrogens is 312 g/mol. The average Bonchev–Trinajstić information content (AvgIpc) is 2.38. The predicted octanol–water partition coefficient (Wildman–Crippen LogP) is -2.25. The molecule has 0 bridgehead atoms. The monoisotopic (exact) mass is 338 g/mol. The number of carbonyl (C=O) groups is 4. The fourth-order valence-corrected chi connectivity index (χ4v) is 0.913. The second kappa shape index (κ2) is 14.7. The predicted molar refractivity (Wildman–Crippen MR) is 81.2 cm³/mol. The Kier molecular flexibility index (Phi) is 16.4. The topological polar surface area (TPSA) is 233 Å². The first-order chi connectivity index (χ1) is 10.3. The fourth-order valence-electron chi connectivity index (χ4n) is 0.913. The van der Waals surface area contributed by atoms with E-state index in [9.17, 15) is 19.2 Å². The van der Waals surface area contributed by atoms with Crippen LogP contribution in [0.25, 0.3) is 0 Å². The molecule has 0 saturated carbocycles. The van der Waals surface area contributed by atoms with Gasteiger partial charge in [0.15, 0.2) is 0 Å². The van der Waals surface area contributed by atoms with Gasteiger partial charge in [0.05, 0.1) is 13.0 Å². The second-order valence-electron chi connectivity index (χ2n) is 4.79. The summed E-state index contributed by atoms with van der Waals surface area (Å²) in [6.07, 6.45) is 0.241. The molecule has 11 nitrogen and oxygen atoms in total. The van der Waals surface area contributed by atoms with Crippen molar-refractivity contribution in [1.82, 2.24) is 0 Å². The van der Waals surface area contributed by atoms with E-state index < -0.39 is 35.9 Å². The molecule has 11 N–H and O–H groups in total. The largest absolute Gasteiger partial charge is 0.480 e. The maximum atomic E-state index is 10.1. The van der Waals surface area contributed by atoms with E-state index in [2.05, 4.69) is 11.5 Å². The number of nitrogens with two attached hydrogens (primary N) is 4. The van der Waals surface area contributed by atoms with Crippen molar-refractivity contribution in [2.45, 2.75) is 38.8 Å². The van der Waals surface area contributed by atoms with Crippen LogP contribution in [0.2, 0.25) is 0 Å². The average molecular weight is 338 g/mol. The molecule has 0 aliphatic carbocycles. The van der Waals surface area contributed by atoms with Gasteiger partial charge in [-0.3, -0.25) is 19.2 Å². The van der Waals surface area contributed by atoms with E-state index in [1.54, 1.807) is 0 Å². The van der Waals surface area contributed by atoms with Gasteiger partial charge < -0.3 is 38.3 Å². The van der Waals surface area contributed by atoms with Crippen molar-refractivity contribution in [3.63, 3.8) is 0 Å². The Morgan fingerprint density at radius 1 is 0.913 bits per heavy atom. The number of hydrogen-bond donors (Lipinski definition) is 7. The standard InChI is InChI=1S/C6H13NO2.C4H8N2O3.C2H5NO2/c1-4(2)3-5(7)6(8)9;5-2(4(8)9)1-3(6)7;3-1-2(4)5/h4-5H,3,7H2,1-2H3,(H,8,9);2H,1,5H2,(H2,6,7)(H,8,9);1,3H2,(H,4,5). The molecule has 0 aromatic heterocycles. The van der Waals surface area contributed by atoms with Gasteiger partial charge >= 0.3 is 17.9 Å². The highest BCUT2D eigenvalue weighted by Crippen LogP contribution is 2.01. The van der Waals surface area contributed by atoms with Crippen molar-refractivity contribution in [2.75, 3.05) is 6.54 Å². The van der Waals surface area contributed by atoms with Crippen LogP contribution >= 0.6 is 0 Å². The van der Waals surface area contributed by atoms with Crippen LogP contribution in [-0.4, -0.2) is 57.8 Å². The first-order valence-corrected chi connectivity index (χ1v) is 6.51. The van der Waals surface area contributed by atoms with Gasteiger partial charge in [0.1, 0.15) is 12.1 Å². The number of carbonyl (C=O) groups excluding carboxylic acids is 1. The highest BCUT2D eigenvalue weighted by molar-refractivity contribution is 5.83. The molecule has 0 saturated heterocycles. The molecule has 0 rings (SSSR count). The molecular formula is C12H26N4O7. The Labute approximate surface area is 133 Å². The van der Waals surface area contributed by atoms with Gasteiger partial charge in [-0.05, 0) is 12.3 Å². The van der Waals surface area contributed by atoms with Crippen molar-refractivity contribution in [3.8, 4) is 0 Å². The summed E-state index contributed by atoms with van der Waals surface area (Å²) >= 11 is 0. The van der Waals surface area contributed by atoms with E-state index >= 15 is 0 Å². The first kappa shape index (κ1) is 25.7. The highest BCUT2D eigenvalue weighted by atomic mass is 16.4. The Hall–Kier alpha value is -2.24. The Bertz CT molecular complexity index is 388. The molecule has 0 spiro atoms. The lowest BCUT2D eigenvalue weighted by Gasteiger charge is -2.07. The third kappa shape index (κ3) is 25.1. The molecule has 0 aromatic carbocycles. The molecule has 0 fully saturated rings. The van der Waals surface area contributed by atoms with E-state index in [1.807, 2.05) is 13.8 Å². The summed E-state index contributed by atoms with van der Waals surface area (Å²) in [5, 5.41) is 24.0. The number of carboxylic acids is 3. The van der Waals surface area contributed by atoms with Crippen molar-refractivity contribution in [1.29, 1.82) is 0 Å². The summed E-state index contributed by atoms with van der Waals surface area (Å²) in [4.78, 5) is 39.2. The number of amides is 1. The molecule has 23 heavy (non-hydrogen) atoms. The summed E-state index contributed by atoms with van der Waals surface area (Å²) in [6, 6.07) is -1.85. The molecule has 0 aromatic rings. The molecule has 136 valence electrons. The number of aliphatic carboxylic acids is 3. The van der Waals surface area contributed by atoms with Gasteiger partial charge in [-0.25, -0.2) is 0 Å². The Morgan fingerprint density at radius 2 is 1.26 bits per heavy atom. The number of primary amides is 1. The van der Waals surface area contributed by atoms with E-state index in [4.69, 9.17) is 26.8 Å². The number of rotatable bonds is 7. The van der Waals surface area contributed by atoms with E-state index in [0.717, 1.165) is 0 Å². The van der Waals surface area contributed by atoms with Crippen LogP contribution in [-0.2, 0) is 19.2 Å². The SMILES string of the molecule is CC(C)CC(N)C(=O)O.NC(=O)CC(N)C(=O)O.NCC(=O)O. The summed E-state index contributed by atoms with van der Waals surface area (Å²) in [6.45, 7) is 3.62. The zero-order valence-corrected chi connectivity index (χ0v) is 13.1. The van der Waals surface area contributed by atoms with Gasteiger partial charge in [0, 0.05) is 0 Å². The molecule has 0 aliphatic heterocycles. The minimum Gasteiger partial charge on any atom is -0.480 e. The third-order valence-electron chi connectivity index (χ3n) is 1.96. The molecule has 0 heterocycles. The minimum atomic E-state index is -1.21. The lowest BCUT2D eigenvalue weighted by Crippen LogP contribution is -2.34. The summed E-state index contributed by atoms with van der Waals surface area (Å²) in [5.74, 6) is -3.44. The quantitative estimate of drug-likeness (QED) is 0.263. The van der Waals surface area contributed by atoms with Gasteiger partial charge in [-0.2, -0.15) is 0 Å². The first-order valence-electron chi connectivity index (χ1n) is 6.51. The maximum absolute atomic E-state index is 10.1. The zero-order chi connectivity index (χ0) is 19.2. The van der Waals surface area contributed by atoms with Crippen LogP contribution in [0.15, 0.2) is 0 Å². The maximum Gasteiger partial charge on any atom is 0.321 e. The van der Waals surface area contributed by atoms with Crippen LogP contribution < -0.4 is 22.9 Å².